The van der Waals surface area contributed by atoms with Gasteiger partial charge >= 0.3 is 5.90 Å². The van der Waals surface area contributed by atoms with Gasteiger partial charge in [-0.25, -0.2) is 0 Å². The Labute approximate surface area is 55.5 Å². The van der Waals surface area contributed by atoms with Crippen molar-refractivity contribution in [1.82, 2.24) is 0 Å². The quantitative estimate of drug-likeness (QED) is 0.469. The smallest absolute Gasteiger partial charge is 0.362 e. The number of nitrogens with zero attached hydrogens (tertiary/aromatic N) is 1. The van der Waals surface area contributed by atoms with E-state index in [1.807, 2.05) is 7.05 Å². The zero-order valence-electron chi connectivity index (χ0n) is 5.92. The Balaban J connectivity index is 2.79. The Morgan fingerprint density at radius 2 is 2.56 bits per heavy atom. The van der Waals surface area contributed by atoms with Gasteiger partial charge in [-0.05, 0) is 0 Å². The molecular formula is C7H12NO+. The minimum atomic E-state index is 0.498. The first kappa shape index (κ1) is 6.33. The predicted molar refractivity (Wildman–Crippen MR) is 36.8 cm³/mol. The van der Waals surface area contributed by atoms with E-state index in [2.05, 4.69) is 18.1 Å². The molecule has 0 N–H and O–H groups in total. The molecule has 0 aliphatic carbocycles. The van der Waals surface area contributed by atoms with Crippen molar-refractivity contribution in [1.29, 1.82) is 0 Å². The van der Waals surface area contributed by atoms with Crippen LogP contribution in [0.5, 0.6) is 0 Å². The maximum Gasteiger partial charge on any atom is 0.362 e. The summed E-state index contributed by atoms with van der Waals surface area (Å²) in [6, 6.07) is 0.498. The molecule has 1 heterocycles. The van der Waals surface area contributed by atoms with Crippen molar-refractivity contribution < 1.29 is 9.31 Å². The highest BCUT2D eigenvalue weighted by Gasteiger charge is 2.24. The molecule has 0 bridgehead atoms. The van der Waals surface area contributed by atoms with Crippen LogP contribution in [0.4, 0.5) is 0 Å². The SMILES string of the molecule is C=CC1=[N+](C)C(C)CO1. The lowest BCUT2D eigenvalue weighted by Gasteiger charge is -1.91. The first-order chi connectivity index (χ1) is 4.25. The predicted octanol–water partition coefficient (Wildman–Crippen LogP) is 0.632. The third kappa shape index (κ3) is 0.969. The molecule has 1 rings (SSSR count). The van der Waals surface area contributed by atoms with Crippen LogP contribution in [0.1, 0.15) is 6.92 Å². The van der Waals surface area contributed by atoms with Gasteiger partial charge in [0, 0.05) is 13.0 Å². The van der Waals surface area contributed by atoms with Gasteiger partial charge in [0.15, 0.2) is 12.6 Å². The summed E-state index contributed by atoms with van der Waals surface area (Å²) in [5.74, 6) is 0.891. The van der Waals surface area contributed by atoms with Crippen LogP contribution in [0.25, 0.3) is 0 Å². The van der Waals surface area contributed by atoms with E-state index in [1.165, 1.54) is 0 Å². The summed E-state index contributed by atoms with van der Waals surface area (Å²) in [6.07, 6.45) is 1.74. The summed E-state index contributed by atoms with van der Waals surface area (Å²) in [6.45, 7) is 6.53. The van der Waals surface area contributed by atoms with Crippen molar-refractivity contribution in [3.8, 4) is 0 Å². The highest BCUT2D eigenvalue weighted by Crippen LogP contribution is 2.01. The van der Waals surface area contributed by atoms with E-state index in [4.69, 9.17) is 4.74 Å². The first-order valence-electron chi connectivity index (χ1n) is 3.10. The molecule has 0 aromatic carbocycles. The van der Waals surface area contributed by atoms with Crippen molar-refractivity contribution in [3.05, 3.63) is 12.7 Å². The normalized spacial score (nSPS) is 26.2. The van der Waals surface area contributed by atoms with Crippen LogP contribution in [0.3, 0.4) is 0 Å². The monoisotopic (exact) mass is 126 g/mol. The lowest BCUT2D eigenvalue weighted by Crippen LogP contribution is -2.17. The van der Waals surface area contributed by atoms with Crippen LogP contribution in [-0.2, 0) is 4.74 Å². The summed E-state index contributed by atoms with van der Waals surface area (Å²) >= 11 is 0. The van der Waals surface area contributed by atoms with Crippen molar-refractivity contribution in [2.24, 2.45) is 0 Å². The molecule has 1 unspecified atom stereocenters. The van der Waals surface area contributed by atoms with Crippen LogP contribution in [0.15, 0.2) is 12.7 Å². The van der Waals surface area contributed by atoms with Gasteiger partial charge in [0.05, 0.1) is 0 Å². The lowest BCUT2D eigenvalue weighted by atomic mass is 10.4. The zero-order chi connectivity index (χ0) is 6.85. The number of hydrogen-bond donors (Lipinski definition) is 0. The fraction of sp³-hybridized carbons (Fsp3) is 0.571. The summed E-state index contributed by atoms with van der Waals surface area (Å²) in [5, 5.41) is 0. The van der Waals surface area contributed by atoms with E-state index in [0.29, 0.717) is 6.04 Å². The van der Waals surface area contributed by atoms with Gasteiger partial charge < -0.3 is 4.74 Å². The molecule has 0 saturated carbocycles. The molecular weight excluding hydrogens is 114 g/mol. The molecule has 0 aromatic heterocycles. The fourth-order valence-electron chi connectivity index (χ4n) is 0.840. The fourth-order valence-corrected chi connectivity index (χ4v) is 0.840. The molecule has 0 aromatic rings. The van der Waals surface area contributed by atoms with Crippen LogP contribution in [0.2, 0.25) is 0 Å². The maximum absolute atomic E-state index is 5.25. The molecule has 0 amide bonds. The number of hydrogen-bond acceptors (Lipinski definition) is 1. The highest BCUT2D eigenvalue weighted by atomic mass is 16.5. The molecule has 1 aliphatic heterocycles. The van der Waals surface area contributed by atoms with E-state index in [-0.39, 0.29) is 0 Å². The Bertz CT molecular complexity index is 160. The van der Waals surface area contributed by atoms with Crippen molar-refractivity contribution >= 4 is 5.90 Å². The van der Waals surface area contributed by atoms with Crippen LogP contribution in [-0.4, -0.2) is 30.2 Å². The largest absolute Gasteiger partial charge is 0.438 e. The van der Waals surface area contributed by atoms with Gasteiger partial charge in [-0.15, -0.1) is 0 Å². The molecule has 1 aliphatic rings. The molecule has 0 saturated heterocycles. The Kier molecular flexibility index (Phi) is 1.56. The topological polar surface area (TPSA) is 12.2 Å². The van der Waals surface area contributed by atoms with Crippen molar-refractivity contribution in [2.45, 2.75) is 13.0 Å². The number of rotatable bonds is 1. The molecule has 2 nitrogen and oxygen atoms in total. The van der Waals surface area contributed by atoms with Gasteiger partial charge in [0.2, 0.25) is 0 Å². The van der Waals surface area contributed by atoms with Gasteiger partial charge in [0.25, 0.3) is 0 Å². The Morgan fingerprint density at radius 1 is 1.89 bits per heavy atom. The van der Waals surface area contributed by atoms with E-state index in [1.54, 1.807) is 6.08 Å². The summed E-state index contributed by atoms with van der Waals surface area (Å²) in [4.78, 5) is 0. The summed E-state index contributed by atoms with van der Waals surface area (Å²) < 4.78 is 7.33. The zero-order valence-corrected chi connectivity index (χ0v) is 5.92. The van der Waals surface area contributed by atoms with Gasteiger partial charge in [0.1, 0.15) is 7.05 Å². The van der Waals surface area contributed by atoms with E-state index in [9.17, 15) is 0 Å². The standard InChI is InChI=1S/C7H12NO/c1-4-7-8(3)6(2)5-9-7/h4,6H,1,5H2,2-3H3/q+1. The van der Waals surface area contributed by atoms with Gasteiger partial charge in [-0.2, -0.15) is 4.58 Å². The van der Waals surface area contributed by atoms with Gasteiger partial charge in [-0.3, -0.25) is 0 Å². The average molecular weight is 126 g/mol. The van der Waals surface area contributed by atoms with E-state index < -0.39 is 0 Å². The lowest BCUT2D eigenvalue weighted by molar-refractivity contribution is -0.522. The van der Waals surface area contributed by atoms with Crippen LogP contribution >= 0.6 is 0 Å². The molecule has 0 spiro atoms. The summed E-state index contributed by atoms with van der Waals surface area (Å²) in [7, 11) is 2.01. The molecule has 50 valence electrons. The van der Waals surface area contributed by atoms with Gasteiger partial charge in [-0.1, -0.05) is 6.58 Å². The third-order valence-corrected chi connectivity index (χ3v) is 1.66. The minimum Gasteiger partial charge on any atom is -0.438 e. The molecule has 0 fully saturated rings. The van der Waals surface area contributed by atoms with Crippen LogP contribution in [0, 0.1) is 0 Å². The Hall–Kier alpha value is -0.790. The van der Waals surface area contributed by atoms with Crippen molar-refractivity contribution in [3.63, 3.8) is 0 Å². The highest BCUT2D eigenvalue weighted by molar-refractivity contribution is 5.83. The molecule has 9 heavy (non-hydrogen) atoms. The molecule has 1 atom stereocenters. The third-order valence-electron chi connectivity index (χ3n) is 1.66. The van der Waals surface area contributed by atoms with Crippen molar-refractivity contribution in [2.75, 3.05) is 13.7 Å². The number of ether oxygens (including phenoxy) is 1. The Morgan fingerprint density at radius 3 is 2.78 bits per heavy atom. The van der Waals surface area contributed by atoms with Crippen LogP contribution < -0.4 is 0 Å². The average Bonchev–Trinajstić information content (AvgIpc) is 2.15. The molecule has 2 heteroatoms. The second kappa shape index (κ2) is 2.21. The molecule has 0 radical (unpaired) electrons. The maximum atomic E-state index is 5.25. The second-order valence-corrected chi connectivity index (χ2v) is 2.31. The summed E-state index contributed by atoms with van der Waals surface area (Å²) in [5.41, 5.74) is 0. The van der Waals surface area contributed by atoms with E-state index in [0.717, 1.165) is 12.5 Å². The minimum absolute atomic E-state index is 0.498. The first-order valence-corrected chi connectivity index (χ1v) is 3.10. The second-order valence-electron chi connectivity index (χ2n) is 2.31. The van der Waals surface area contributed by atoms with E-state index >= 15 is 0 Å². The number of likely N-dealkylation sites (N-methyl/N-ethyl adjacent to an activating group) is 1.